The molecule has 8 heteroatoms. The van der Waals surface area contributed by atoms with Crippen LogP contribution in [-0.4, -0.2) is 49.1 Å². The van der Waals surface area contributed by atoms with E-state index < -0.39 is 0 Å². The number of hydrogen-bond donors (Lipinski definition) is 0. The van der Waals surface area contributed by atoms with E-state index in [0.717, 1.165) is 21.5 Å². The van der Waals surface area contributed by atoms with Crippen LogP contribution in [0.25, 0.3) is 0 Å². The largest absolute Gasteiger partial charge is 0.497 e. The maximum atomic E-state index is 12.8. The van der Waals surface area contributed by atoms with Crippen LogP contribution in [0.15, 0.2) is 45.9 Å². The van der Waals surface area contributed by atoms with Crippen molar-refractivity contribution in [1.29, 1.82) is 0 Å². The highest BCUT2D eigenvalue weighted by atomic mass is 79.9. The summed E-state index contributed by atoms with van der Waals surface area (Å²) in [5.41, 5.74) is 1.76. The molecule has 0 N–H and O–H groups in total. The van der Waals surface area contributed by atoms with Gasteiger partial charge in [-0.15, -0.1) is 0 Å². The van der Waals surface area contributed by atoms with Gasteiger partial charge in [-0.3, -0.25) is 9.69 Å². The zero-order chi connectivity index (χ0) is 21.0. The fourth-order valence-electron chi connectivity index (χ4n) is 2.93. The second-order valence-corrected chi connectivity index (χ2v) is 8.35. The second-order valence-electron chi connectivity index (χ2n) is 6.33. The van der Waals surface area contributed by atoms with Crippen LogP contribution in [-0.2, 0) is 11.2 Å². The first-order valence-corrected chi connectivity index (χ1v) is 10.8. The standard InChI is InChI=1S/C21H23BrN2O4S/c1-5-28-18-12-16(22)13(10-17(18)27-4)11-19-20(25)24(2)21(29-19)23-14-6-8-15(26-3)9-7-14/h6-10,12,19H,5,11H2,1-4H3/t19-/m0/s1. The fraction of sp³-hybridized carbons (Fsp3) is 0.333. The molecule has 1 aliphatic rings. The van der Waals surface area contributed by atoms with Gasteiger partial charge in [0.05, 0.1) is 31.8 Å². The van der Waals surface area contributed by atoms with Crippen molar-refractivity contribution >= 4 is 44.5 Å². The summed E-state index contributed by atoms with van der Waals surface area (Å²) in [5, 5.41) is 0.426. The van der Waals surface area contributed by atoms with E-state index >= 15 is 0 Å². The van der Waals surface area contributed by atoms with Gasteiger partial charge in [-0.05, 0) is 55.3 Å². The van der Waals surface area contributed by atoms with E-state index in [1.165, 1.54) is 11.8 Å². The van der Waals surface area contributed by atoms with Crippen molar-refractivity contribution in [3.63, 3.8) is 0 Å². The van der Waals surface area contributed by atoms with E-state index in [1.54, 1.807) is 26.2 Å². The first-order valence-electron chi connectivity index (χ1n) is 9.13. The number of carbonyl (C=O) groups is 1. The fourth-order valence-corrected chi connectivity index (χ4v) is 4.59. The first kappa shape index (κ1) is 21.5. The van der Waals surface area contributed by atoms with Crippen molar-refractivity contribution in [2.24, 2.45) is 4.99 Å². The monoisotopic (exact) mass is 478 g/mol. The number of rotatable bonds is 7. The molecule has 1 aliphatic heterocycles. The molecule has 29 heavy (non-hydrogen) atoms. The molecule has 0 spiro atoms. The number of methoxy groups -OCH3 is 2. The van der Waals surface area contributed by atoms with Gasteiger partial charge in [-0.1, -0.05) is 27.7 Å². The number of aliphatic imine (C=N–C) groups is 1. The van der Waals surface area contributed by atoms with E-state index in [9.17, 15) is 4.79 Å². The summed E-state index contributed by atoms with van der Waals surface area (Å²) in [6.07, 6.45) is 0.554. The molecule has 1 heterocycles. The number of benzene rings is 2. The van der Waals surface area contributed by atoms with Gasteiger partial charge >= 0.3 is 0 Å². The molecule has 0 radical (unpaired) electrons. The number of carbonyl (C=O) groups excluding carboxylic acids is 1. The van der Waals surface area contributed by atoms with Crippen LogP contribution in [0.2, 0.25) is 0 Å². The number of halogens is 1. The van der Waals surface area contributed by atoms with Crippen LogP contribution < -0.4 is 14.2 Å². The summed E-state index contributed by atoms with van der Waals surface area (Å²) in [5.74, 6) is 2.13. The Morgan fingerprint density at radius 1 is 1.14 bits per heavy atom. The molecule has 0 aromatic heterocycles. The van der Waals surface area contributed by atoms with Crippen molar-refractivity contribution in [2.75, 3.05) is 27.9 Å². The molecule has 0 saturated carbocycles. The van der Waals surface area contributed by atoms with E-state index in [-0.39, 0.29) is 11.2 Å². The van der Waals surface area contributed by atoms with Gasteiger partial charge in [0.15, 0.2) is 16.7 Å². The van der Waals surface area contributed by atoms with E-state index in [2.05, 4.69) is 20.9 Å². The maximum absolute atomic E-state index is 12.8. The van der Waals surface area contributed by atoms with Crippen molar-refractivity contribution in [2.45, 2.75) is 18.6 Å². The Hall–Kier alpha value is -2.19. The maximum Gasteiger partial charge on any atom is 0.242 e. The molecule has 1 amide bonds. The number of hydrogen-bond acceptors (Lipinski definition) is 6. The third kappa shape index (κ3) is 4.87. The van der Waals surface area contributed by atoms with Gasteiger partial charge in [0.2, 0.25) is 5.91 Å². The van der Waals surface area contributed by atoms with Crippen LogP contribution in [0.5, 0.6) is 17.2 Å². The normalized spacial score (nSPS) is 17.7. The van der Waals surface area contributed by atoms with Gasteiger partial charge in [0.25, 0.3) is 0 Å². The lowest BCUT2D eigenvalue weighted by molar-refractivity contribution is -0.125. The summed E-state index contributed by atoms with van der Waals surface area (Å²) < 4.78 is 17.1. The predicted octanol–water partition coefficient (Wildman–Crippen LogP) is 4.67. The van der Waals surface area contributed by atoms with E-state index in [4.69, 9.17) is 14.2 Å². The predicted molar refractivity (Wildman–Crippen MR) is 120 cm³/mol. The lowest BCUT2D eigenvalue weighted by atomic mass is 10.1. The number of amidine groups is 1. The van der Waals surface area contributed by atoms with Crippen LogP contribution in [0.4, 0.5) is 5.69 Å². The SMILES string of the molecule is CCOc1cc(Br)c(C[C@@H]2SC(=Nc3ccc(OC)cc3)N(C)C2=O)cc1OC. The molecule has 1 saturated heterocycles. The molecular formula is C21H23BrN2O4S. The number of nitrogens with zero attached hydrogens (tertiary/aromatic N) is 2. The molecule has 2 aromatic carbocycles. The number of amides is 1. The second kappa shape index (κ2) is 9.54. The van der Waals surface area contributed by atoms with Crippen molar-refractivity contribution < 1.29 is 19.0 Å². The van der Waals surface area contributed by atoms with Crippen LogP contribution in [0, 0.1) is 0 Å². The minimum absolute atomic E-state index is 0.0296. The first-order chi connectivity index (χ1) is 14.0. The van der Waals surface area contributed by atoms with Crippen molar-refractivity contribution in [3.8, 4) is 17.2 Å². The average Bonchev–Trinajstić information content (AvgIpc) is 2.98. The van der Waals surface area contributed by atoms with Gasteiger partial charge in [0.1, 0.15) is 5.75 Å². The lowest BCUT2D eigenvalue weighted by Crippen LogP contribution is -2.28. The molecule has 154 valence electrons. The Bertz CT molecular complexity index is 918. The highest BCUT2D eigenvalue weighted by Gasteiger charge is 2.36. The summed E-state index contributed by atoms with van der Waals surface area (Å²) in [6.45, 7) is 2.48. The molecule has 0 unspecified atom stereocenters. The molecular weight excluding hydrogens is 456 g/mol. The van der Waals surface area contributed by atoms with Crippen LogP contribution in [0.3, 0.4) is 0 Å². The average molecular weight is 479 g/mol. The molecule has 1 atom stereocenters. The van der Waals surface area contributed by atoms with E-state index in [0.29, 0.717) is 29.7 Å². The topological polar surface area (TPSA) is 60.4 Å². The van der Waals surface area contributed by atoms with Crippen LogP contribution >= 0.6 is 27.7 Å². The van der Waals surface area contributed by atoms with Gasteiger partial charge in [-0.2, -0.15) is 0 Å². The highest BCUT2D eigenvalue weighted by molar-refractivity contribution is 9.10. The molecule has 3 rings (SSSR count). The van der Waals surface area contributed by atoms with Crippen molar-refractivity contribution in [1.82, 2.24) is 4.90 Å². The zero-order valence-electron chi connectivity index (χ0n) is 16.8. The summed E-state index contributed by atoms with van der Waals surface area (Å²) in [4.78, 5) is 19.0. The Labute approximate surface area is 183 Å². The summed E-state index contributed by atoms with van der Waals surface area (Å²) in [7, 11) is 4.99. The third-order valence-corrected chi connectivity index (χ3v) is 6.44. The number of thioether (sulfide) groups is 1. The molecule has 0 aliphatic carbocycles. The molecule has 0 bridgehead atoms. The smallest absolute Gasteiger partial charge is 0.242 e. The molecule has 2 aromatic rings. The third-order valence-electron chi connectivity index (χ3n) is 4.48. The minimum atomic E-state index is -0.254. The van der Waals surface area contributed by atoms with Gasteiger partial charge < -0.3 is 14.2 Å². The van der Waals surface area contributed by atoms with Gasteiger partial charge in [0, 0.05) is 11.5 Å². The van der Waals surface area contributed by atoms with E-state index in [1.807, 2.05) is 43.3 Å². The zero-order valence-corrected chi connectivity index (χ0v) is 19.2. The summed E-state index contributed by atoms with van der Waals surface area (Å²) >= 11 is 5.06. The Morgan fingerprint density at radius 3 is 2.48 bits per heavy atom. The van der Waals surface area contributed by atoms with Crippen LogP contribution in [0.1, 0.15) is 12.5 Å². The molecule has 6 nitrogen and oxygen atoms in total. The molecule has 1 fully saturated rings. The Balaban J connectivity index is 1.80. The lowest BCUT2D eigenvalue weighted by Gasteiger charge is -2.14. The Morgan fingerprint density at radius 2 is 1.86 bits per heavy atom. The summed E-state index contributed by atoms with van der Waals surface area (Å²) in [6, 6.07) is 11.2. The minimum Gasteiger partial charge on any atom is -0.497 e. The Kier molecular flexibility index (Phi) is 7.08. The quantitative estimate of drug-likeness (QED) is 0.578. The number of ether oxygens (including phenoxy) is 3. The van der Waals surface area contributed by atoms with Crippen molar-refractivity contribution in [3.05, 3.63) is 46.4 Å². The van der Waals surface area contributed by atoms with Gasteiger partial charge in [-0.25, -0.2) is 4.99 Å². The highest BCUT2D eigenvalue weighted by Crippen LogP contribution is 2.37.